The van der Waals surface area contributed by atoms with E-state index in [4.69, 9.17) is 14.6 Å². The molecule has 0 radical (unpaired) electrons. The van der Waals surface area contributed by atoms with Gasteiger partial charge in [-0.15, -0.1) is 11.3 Å². The van der Waals surface area contributed by atoms with Crippen LogP contribution in [0.5, 0.6) is 11.5 Å². The summed E-state index contributed by atoms with van der Waals surface area (Å²) in [5.74, 6) is -0.568. The highest BCUT2D eigenvalue weighted by molar-refractivity contribution is 9.10. The number of nitro groups is 1. The molecule has 188 valence electrons. The number of amides is 1. The van der Waals surface area contributed by atoms with E-state index in [1.54, 1.807) is 36.4 Å². The molecule has 0 spiro atoms. The third-order valence-electron chi connectivity index (χ3n) is 5.15. The number of aromatic carboxylic acids is 1. The largest absolute Gasteiger partial charge is 0.493 e. The SMILES string of the molecule is COc1cc(/C=N\NC(=O)c2cc3cc([N+](=O)[O-])ccc3s2)cc(Br)c1OCc1ccc(C(=O)O)cc1. The minimum Gasteiger partial charge on any atom is -0.493 e. The molecule has 12 heteroatoms. The highest BCUT2D eigenvalue weighted by atomic mass is 79.9. The molecule has 0 saturated heterocycles. The number of ether oxygens (including phenoxy) is 2. The van der Waals surface area contributed by atoms with Crippen LogP contribution in [0.2, 0.25) is 0 Å². The van der Waals surface area contributed by atoms with Gasteiger partial charge < -0.3 is 14.6 Å². The number of carboxylic acids is 1. The Bertz CT molecular complexity index is 1530. The smallest absolute Gasteiger partial charge is 0.335 e. The van der Waals surface area contributed by atoms with Crippen LogP contribution in [0.4, 0.5) is 5.69 Å². The zero-order valence-electron chi connectivity index (χ0n) is 19.1. The lowest BCUT2D eigenvalue weighted by Gasteiger charge is -2.13. The predicted octanol–water partition coefficient (Wildman–Crippen LogP) is 5.62. The Morgan fingerprint density at radius 3 is 2.59 bits per heavy atom. The Balaban J connectivity index is 1.43. The maximum atomic E-state index is 12.5. The molecule has 1 aromatic heterocycles. The summed E-state index contributed by atoms with van der Waals surface area (Å²) in [4.78, 5) is 34.3. The van der Waals surface area contributed by atoms with Gasteiger partial charge in [-0.25, -0.2) is 10.2 Å². The average Bonchev–Trinajstić information content (AvgIpc) is 3.31. The molecule has 0 atom stereocenters. The number of hydrazone groups is 1. The van der Waals surface area contributed by atoms with E-state index < -0.39 is 16.8 Å². The van der Waals surface area contributed by atoms with Gasteiger partial charge in [0.1, 0.15) is 6.61 Å². The van der Waals surface area contributed by atoms with Crippen molar-refractivity contribution in [2.75, 3.05) is 7.11 Å². The van der Waals surface area contributed by atoms with E-state index in [2.05, 4.69) is 26.5 Å². The van der Waals surface area contributed by atoms with Crippen LogP contribution in [0.15, 0.2) is 70.2 Å². The number of nitro benzene ring substituents is 1. The quantitative estimate of drug-likeness (QED) is 0.148. The minimum atomic E-state index is -1.000. The van der Waals surface area contributed by atoms with Gasteiger partial charge in [0, 0.05) is 22.2 Å². The first-order chi connectivity index (χ1) is 17.7. The predicted molar refractivity (Wildman–Crippen MR) is 142 cm³/mol. The fourth-order valence-corrected chi connectivity index (χ4v) is 4.84. The monoisotopic (exact) mass is 583 g/mol. The van der Waals surface area contributed by atoms with Crippen molar-refractivity contribution in [2.24, 2.45) is 5.10 Å². The number of methoxy groups -OCH3 is 1. The number of nitrogens with one attached hydrogen (secondary N) is 1. The van der Waals surface area contributed by atoms with Crippen molar-refractivity contribution in [3.05, 3.63) is 96.8 Å². The van der Waals surface area contributed by atoms with Crippen LogP contribution in [0.1, 0.15) is 31.2 Å². The van der Waals surface area contributed by atoms with Gasteiger partial charge >= 0.3 is 5.97 Å². The van der Waals surface area contributed by atoms with E-state index in [0.29, 0.717) is 31.8 Å². The van der Waals surface area contributed by atoms with Gasteiger partial charge in [0.25, 0.3) is 11.6 Å². The van der Waals surface area contributed by atoms with Gasteiger partial charge in [0.15, 0.2) is 11.5 Å². The molecule has 10 nitrogen and oxygen atoms in total. The molecule has 0 unspecified atom stereocenters. The van der Waals surface area contributed by atoms with Crippen LogP contribution in [-0.4, -0.2) is 35.2 Å². The fourth-order valence-electron chi connectivity index (χ4n) is 3.33. The van der Waals surface area contributed by atoms with Crippen LogP contribution < -0.4 is 14.9 Å². The summed E-state index contributed by atoms with van der Waals surface area (Å²) >= 11 is 4.66. The van der Waals surface area contributed by atoms with Crippen LogP contribution >= 0.6 is 27.3 Å². The summed E-state index contributed by atoms with van der Waals surface area (Å²) in [5.41, 5.74) is 4.00. The first-order valence-corrected chi connectivity index (χ1v) is 12.2. The summed E-state index contributed by atoms with van der Waals surface area (Å²) in [6.45, 7) is 0.191. The van der Waals surface area contributed by atoms with Gasteiger partial charge in [-0.1, -0.05) is 12.1 Å². The Labute approximate surface area is 222 Å². The Hall–Kier alpha value is -4.29. The van der Waals surface area contributed by atoms with Crippen LogP contribution in [0.25, 0.3) is 10.1 Å². The number of halogens is 1. The number of fused-ring (bicyclic) bond motifs is 1. The molecular weight excluding hydrogens is 566 g/mol. The average molecular weight is 584 g/mol. The third kappa shape index (κ3) is 6.11. The molecule has 0 aliphatic carbocycles. The second-order valence-electron chi connectivity index (χ2n) is 7.61. The number of carbonyl (C=O) groups excluding carboxylic acids is 1. The number of thiophene rings is 1. The number of hydrogen-bond donors (Lipinski definition) is 2. The van der Waals surface area contributed by atoms with Crippen molar-refractivity contribution >= 4 is 61.1 Å². The van der Waals surface area contributed by atoms with Gasteiger partial charge in [0.2, 0.25) is 0 Å². The Morgan fingerprint density at radius 1 is 1.16 bits per heavy atom. The molecule has 0 fully saturated rings. The van der Waals surface area contributed by atoms with Crippen molar-refractivity contribution in [3.8, 4) is 11.5 Å². The number of carbonyl (C=O) groups is 2. The molecule has 0 saturated carbocycles. The molecule has 4 aromatic rings. The first-order valence-electron chi connectivity index (χ1n) is 10.6. The lowest BCUT2D eigenvalue weighted by atomic mass is 10.1. The second kappa shape index (κ2) is 11.2. The molecule has 0 bridgehead atoms. The van der Waals surface area contributed by atoms with Gasteiger partial charge in [-0.3, -0.25) is 14.9 Å². The number of non-ortho nitro benzene ring substituents is 1. The minimum absolute atomic E-state index is 0.0432. The molecule has 2 N–H and O–H groups in total. The lowest BCUT2D eigenvalue weighted by molar-refractivity contribution is -0.384. The van der Waals surface area contributed by atoms with Gasteiger partial charge in [0.05, 0.1) is 33.2 Å². The molecule has 1 amide bonds. The zero-order valence-corrected chi connectivity index (χ0v) is 21.5. The fraction of sp³-hybridized carbons (Fsp3) is 0.0800. The lowest BCUT2D eigenvalue weighted by Crippen LogP contribution is -2.16. The Kier molecular flexibility index (Phi) is 7.80. The molecule has 4 rings (SSSR count). The molecule has 0 aliphatic rings. The maximum absolute atomic E-state index is 12.5. The first kappa shape index (κ1) is 25.8. The van der Waals surface area contributed by atoms with E-state index in [-0.39, 0.29) is 17.9 Å². The number of carboxylic acid groups (broad SMARTS) is 1. The normalized spacial score (nSPS) is 11.0. The molecular formula is C25H18BrN3O7S. The van der Waals surface area contributed by atoms with Crippen molar-refractivity contribution in [3.63, 3.8) is 0 Å². The van der Waals surface area contributed by atoms with Crippen molar-refractivity contribution in [1.82, 2.24) is 5.43 Å². The van der Waals surface area contributed by atoms with Crippen LogP contribution in [0.3, 0.4) is 0 Å². The van der Waals surface area contributed by atoms with E-state index in [1.807, 2.05) is 0 Å². The summed E-state index contributed by atoms with van der Waals surface area (Å²) in [6.07, 6.45) is 1.44. The van der Waals surface area contributed by atoms with E-state index in [0.717, 1.165) is 10.3 Å². The van der Waals surface area contributed by atoms with Gasteiger partial charge in [-0.05, 0) is 63.5 Å². The number of hydrogen-bond acceptors (Lipinski definition) is 8. The van der Waals surface area contributed by atoms with E-state index in [9.17, 15) is 19.7 Å². The summed E-state index contributed by atoms with van der Waals surface area (Å²) in [5, 5.41) is 24.6. The molecule has 0 aliphatic heterocycles. The van der Waals surface area contributed by atoms with Crippen molar-refractivity contribution in [2.45, 2.75) is 6.61 Å². The Morgan fingerprint density at radius 2 is 1.92 bits per heavy atom. The standard InChI is InChI=1S/C25H18BrN3O7S/c1-35-20-9-15(8-19(26)23(20)36-13-14-2-4-16(5-3-14)25(31)32)12-27-28-24(30)22-11-17-10-18(29(33)34)6-7-21(17)37-22/h2-12H,13H2,1H3,(H,28,30)(H,31,32)/b27-12-. The highest BCUT2D eigenvalue weighted by Gasteiger charge is 2.14. The highest BCUT2D eigenvalue weighted by Crippen LogP contribution is 2.37. The van der Waals surface area contributed by atoms with Crippen LogP contribution in [-0.2, 0) is 6.61 Å². The van der Waals surface area contributed by atoms with Crippen LogP contribution in [0, 0.1) is 10.1 Å². The number of nitrogens with zero attached hydrogens (tertiary/aromatic N) is 2. The zero-order chi connectivity index (χ0) is 26.5. The van der Waals surface area contributed by atoms with Crippen molar-refractivity contribution < 1.29 is 29.1 Å². The number of benzene rings is 3. The summed E-state index contributed by atoms with van der Waals surface area (Å²) < 4.78 is 12.7. The van der Waals surface area contributed by atoms with Gasteiger partial charge in [-0.2, -0.15) is 5.10 Å². The molecule has 37 heavy (non-hydrogen) atoms. The van der Waals surface area contributed by atoms with E-state index in [1.165, 1.54) is 48.9 Å². The third-order valence-corrected chi connectivity index (χ3v) is 6.85. The second-order valence-corrected chi connectivity index (χ2v) is 9.55. The molecule has 1 heterocycles. The topological polar surface area (TPSA) is 140 Å². The van der Waals surface area contributed by atoms with E-state index >= 15 is 0 Å². The molecule has 3 aromatic carbocycles. The number of rotatable bonds is 9. The van der Waals surface area contributed by atoms with Crippen molar-refractivity contribution in [1.29, 1.82) is 0 Å². The maximum Gasteiger partial charge on any atom is 0.335 e. The summed E-state index contributed by atoms with van der Waals surface area (Å²) in [7, 11) is 1.49. The summed E-state index contributed by atoms with van der Waals surface area (Å²) in [6, 6.07) is 15.8.